The minimum absolute atomic E-state index is 0.0896. The summed E-state index contributed by atoms with van der Waals surface area (Å²) in [7, 11) is 1.52. The second kappa shape index (κ2) is 7.79. The number of rotatable bonds is 6. The van der Waals surface area contributed by atoms with E-state index in [2.05, 4.69) is 10.6 Å². The predicted molar refractivity (Wildman–Crippen MR) is 101 cm³/mol. The summed E-state index contributed by atoms with van der Waals surface area (Å²) >= 11 is 6.08. The van der Waals surface area contributed by atoms with Crippen LogP contribution in [0.5, 0.6) is 5.75 Å². The Morgan fingerprint density at radius 1 is 1.15 bits per heavy atom. The molecule has 2 atom stereocenters. The van der Waals surface area contributed by atoms with Gasteiger partial charge in [0.1, 0.15) is 5.75 Å². The van der Waals surface area contributed by atoms with Gasteiger partial charge in [0.25, 0.3) is 0 Å². The van der Waals surface area contributed by atoms with E-state index in [1.54, 1.807) is 12.1 Å². The van der Waals surface area contributed by atoms with Crippen LogP contribution in [0.2, 0.25) is 5.02 Å². The predicted octanol–water partition coefficient (Wildman–Crippen LogP) is 3.55. The van der Waals surface area contributed by atoms with Crippen LogP contribution in [0.1, 0.15) is 17.5 Å². The quantitative estimate of drug-likeness (QED) is 0.814. The average Bonchev–Trinajstić information content (AvgIpc) is 3.44. The van der Waals surface area contributed by atoms with Crippen molar-refractivity contribution in [1.82, 2.24) is 5.32 Å². The number of methoxy groups -OCH3 is 1. The van der Waals surface area contributed by atoms with Gasteiger partial charge in [-0.25, -0.2) is 0 Å². The maximum Gasteiger partial charge on any atom is 0.228 e. The van der Waals surface area contributed by atoms with Gasteiger partial charge in [0.15, 0.2) is 0 Å². The van der Waals surface area contributed by atoms with Crippen LogP contribution in [-0.4, -0.2) is 18.9 Å². The Morgan fingerprint density at radius 2 is 1.85 bits per heavy atom. The van der Waals surface area contributed by atoms with Crippen molar-refractivity contribution >= 4 is 29.1 Å². The highest BCUT2D eigenvalue weighted by atomic mass is 35.5. The van der Waals surface area contributed by atoms with Crippen LogP contribution in [-0.2, 0) is 16.1 Å². The molecule has 0 aromatic heterocycles. The van der Waals surface area contributed by atoms with Crippen molar-refractivity contribution in [3.05, 3.63) is 58.6 Å². The lowest BCUT2D eigenvalue weighted by molar-refractivity contribution is -0.125. The molecule has 1 saturated carbocycles. The molecule has 0 heterocycles. The number of hydrogen-bond donors (Lipinski definition) is 2. The van der Waals surface area contributed by atoms with Gasteiger partial charge in [-0.15, -0.1) is 0 Å². The fourth-order valence-electron chi connectivity index (χ4n) is 2.85. The van der Waals surface area contributed by atoms with Crippen LogP contribution in [0.4, 0.5) is 5.69 Å². The minimum atomic E-state index is -0.313. The van der Waals surface area contributed by atoms with E-state index in [0.717, 1.165) is 11.1 Å². The second-order valence-corrected chi connectivity index (χ2v) is 6.85. The molecule has 5 nitrogen and oxygen atoms in total. The highest BCUT2D eigenvalue weighted by Crippen LogP contribution is 2.40. The summed E-state index contributed by atoms with van der Waals surface area (Å²) in [6, 6.07) is 13.1. The third kappa shape index (κ3) is 4.17. The smallest absolute Gasteiger partial charge is 0.228 e. The normalized spacial score (nSPS) is 18.1. The summed E-state index contributed by atoms with van der Waals surface area (Å²) in [5.41, 5.74) is 2.44. The zero-order chi connectivity index (χ0) is 18.7. The monoisotopic (exact) mass is 372 g/mol. The highest BCUT2D eigenvalue weighted by molar-refractivity contribution is 6.31. The maximum absolute atomic E-state index is 12.4. The van der Waals surface area contributed by atoms with E-state index in [0.29, 0.717) is 29.4 Å². The molecule has 0 bridgehead atoms. The molecule has 2 amide bonds. The van der Waals surface area contributed by atoms with Crippen molar-refractivity contribution in [2.75, 3.05) is 12.4 Å². The lowest BCUT2D eigenvalue weighted by Crippen LogP contribution is -2.27. The minimum Gasteiger partial charge on any atom is -0.495 e. The van der Waals surface area contributed by atoms with Crippen molar-refractivity contribution in [3.8, 4) is 5.75 Å². The molecule has 2 aromatic carbocycles. The fourth-order valence-corrected chi connectivity index (χ4v) is 3.00. The number of hydrogen-bond acceptors (Lipinski definition) is 3. The van der Waals surface area contributed by atoms with E-state index in [-0.39, 0.29) is 23.7 Å². The molecule has 3 rings (SSSR count). The number of ether oxygens (including phenoxy) is 1. The standard InChI is InChI=1S/C20H21ClN2O3/c1-12-8-17(18(26-2)10-16(12)21)23-20(25)15-9-14(15)19(24)22-11-13-6-4-3-5-7-13/h3-8,10,14-15H,9,11H2,1-2H3,(H,22,24)(H,23,25). The molecule has 0 spiro atoms. The fraction of sp³-hybridized carbons (Fsp3) is 0.300. The molecule has 136 valence electrons. The van der Waals surface area contributed by atoms with Crippen molar-refractivity contribution in [2.45, 2.75) is 19.9 Å². The zero-order valence-electron chi connectivity index (χ0n) is 14.7. The van der Waals surface area contributed by atoms with E-state index in [1.165, 1.54) is 7.11 Å². The van der Waals surface area contributed by atoms with Gasteiger partial charge in [-0.3, -0.25) is 9.59 Å². The Labute approximate surface area is 157 Å². The van der Waals surface area contributed by atoms with Gasteiger partial charge in [-0.05, 0) is 30.5 Å². The first-order chi connectivity index (χ1) is 12.5. The first-order valence-corrected chi connectivity index (χ1v) is 8.84. The van der Waals surface area contributed by atoms with Crippen LogP contribution in [0, 0.1) is 18.8 Å². The molecule has 0 saturated heterocycles. The van der Waals surface area contributed by atoms with Crippen LogP contribution >= 0.6 is 11.6 Å². The molecular weight excluding hydrogens is 352 g/mol. The zero-order valence-corrected chi connectivity index (χ0v) is 15.5. The summed E-state index contributed by atoms with van der Waals surface area (Å²) < 4.78 is 5.27. The van der Waals surface area contributed by atoms with E-state index in [4.69, 9.17) is 16.3 Å². The van der Waals surface area contributed by atoms with E-state index >= 15 is 0 Å². The molecule has 0 radical (unpaired) electrons. The number of amides is 2. The van der Waals surface area contributed by atoms with E-state index in [9.17, 15) is 9.59 Å². The largest absolute Gasteiger partial charge is 0.495 e. The van der Waals surface area contributed by atoms with Crippen LogP contribution in [0.3, 0.4) is 0 Å². The lowest BCUT2D eigenvalue weighted by atomic mass is 10.2. The summed E-state index contributed by atoms with van der Waals surface area (Å²) in [5, 5.41) is 6.31. The van der Waals surface area contributed by atoms with Crippen LogP contribution in [0.25, 0.3) is 0 Å². The third-order valence-corrected chi connectivity index (χ3v) is 4.92. The Bertz CT molecular complexity index is 823. The number of nitrogens with one attached hydrogen (secondary N) is 2. The molecular formula is C20H21ClN2O3. The summed E-state index contributed by atoms with van der Waals surface area (Å²) in [6.45, 7) is 2.32. The first-order valence-electron chi connectivity index (χ1n) is 8.46. The van der Waals surface area contributed by atoms with Crippen LogP contribution < -0.4 is 15.4 Å². The van der Waals surface area contributed by atoms with Crippen molar-refractivity contribution in [2.24, 2.45) is 11.8 Å². The lowest BCUT2D eigenvalue weighted by Gasteiger charge is -2.12. The molecule has 26 heavy (non-hydrogen) atoms. The van der Waals surface area contributed by atoms with Gasteiger partial charge in [0, 0.05) is 17.6 Å². The number of carbonyl (C=O) groups excluding carboxylic acids is 2. The molecule has 2 aromatic rings. The molecule has 2 unspecified atom stereocenters. The molecule has 0 aliphatic heterocycles. The topological polar surface area (TPSA) is 67.4 Å². The van der Waals surface area contributed by atoms with Crippen molar-refractivity contribution in [1.29, 1.82) is 0 Å². The summed E-state index contributed by atoms with van der Waals surface area (Å²) in [6.07, 6.45) is 0.557. The SMILES string of the molecule is COc1cc(Cl)c(C)cc1NC(=O)C1CC1C(=O)NCc1ccccc1. The Balaban J connectivity index is 1.56. The van der Waals surface area contributed by atoms with Gasteiger partial charge in [-0.1, -0.05) is 41.9 Å². The average molecular weight is 373 g/mol. The Kier molecular flexibility index (Phi) is 5.47. The number of carbonyl (C=O) groups is 2. The van der Waals surface area contributed by atoms with Crippen molar-refractivity contribution in [3.63, 3.8) is 0 Å². The van der Waals surface area contributed by atoms with E-state index < -0.39 is 0 Å². The molecule has 1 aliphatic carbocycles. The Hall–Kier alpha value is -2.53. The number of halogens is 1. The summed E-state index contributed by atoms with van der Waals surface area (Å²) in [5.74, 6) is -0.359. The van der Waals surface area contributed by atoms with Crippen LogP contribution in [0.15, 0.2) is 42.5 Å². The van der Waals surface area contributed by atoms with Gasteiger partial charge in [0.05, 0.1) is 24.6 Å². The van der Waals surface area contributed by atoms with Gasteiger partial charge < -0.3 is 15.4 Å². The highest BCUT2D eigenvalue weighted by Gasteiger charge is 2.48. The summed E-state index contributed by atoms with van der Waals surface area (Å²) in [4.78, 5) is 24.7. The third-order valence-electron chi connectivity index (χ3n) is 4.51. The molecule has 6 heteroatoms. The Morgan fingerprint density at radius 3 is 2.54 bits per heavy atom. The van der Waals surface area contributed by atoms with Gasteiger partial charge in [0.2, 0.25) is 11.8 Å². The molecule has 2 N–H and O–H groups in total. The van der Waals surface area contributed by atoms with Gasteiger partial charge >= 0.3 is 0 Å². The van der Waals surface area contributed by atoms with E-state index in [1.807, 2.05) is 37.3 Å². The number of anilines is 1. The maximum atomic E-state index is 12.4. The van der Waals surface area contributed by atoms with Gasteiger partial charge in [-0.2, -0.15) is 0 Å². The molecule has 1 fully saturated rings. The first kappa shape index (κ1) is 18.3. The van der Waals surface area contributed by atoms with Crippen molar-refractivity contribution < 1.29 is 14.3 Å². The number of benzene rings is 2. The molecule has 1 aliphatic rings. The number of aryl methyl sites for hydroxylation is 1. The second-order valence-electron chi connectivity index (χ2n) is 6.44.